The fourth-order valence-electron chi connectivity index (χ4n) is 4.10. The number of rotatable bonds is 4. The van der Waals surface area contributed by atoms with Crippen LogP contribution in [0.4, 0.5) is 18.9 Å². The fraction of sp³-hybridized carbons (Fsp3) is 0.273. The van der Waals surface area contributed by atoms with E-state index < -0.39 is 30.2 Å². The van der Waals surface area contributed by atoms with Crippen molar-refractivity contribution in [2.24, 2.45) is 0 Å². The summed E-state index contributed by atoms with van der Waals surface area (Å²) in [6.45, 7) is -0.238. The van der Waals surface area contributed by atoms with E-state index in [1.807, 2.05) is 18.2 Å². The predicted molar refractivity (Wildman–Crippen MR) is 110 cm³/mol. The monoisotopic (exact) mass is 460 g/mol. The molecule has 2 aromatic carbocycles. The van der Waals surface area contributed by atoms with E-state index in [9.17, 15) is 22.8 Å². The summed E-state index contributed by atoms with van der Waals surface area (Å²) in [7, 11) is 0. The summed E-state index contributed by atoms with van der Waals surface area (Å²) < 4.78 is 50.2. The fourth-order valence-corrected chi connectivity index (χ4v) is 4.10. The second-order valence-corrected chi connectivity index (χ2v) is 7.81. The molecule has 172 valence electrons. The number of anilines is 1. The van der Waals surface area contributed by atoms with Gasteiger partial charge in [-0.25, -0.2) is 5.43 Å². The third-order valence-corrected chi connectivity index (χ3v) is 5.69. The first kappa shape index (κ1) is 21.1. The van der Waals surface area contributed by atoms with Crippen molar-refractivity contribution in [3.63, 3.8) is 0 Å². The summed E-state index contributed by atoms with van der Waals surface area (Å²) in [4.78, 5) is 26.6. The van der Waals surface area contributed by atoms with Crippen LogP contribution in [-0.4, -0.2) is 41.1 Å². The molecule has 3 heterocycles. The number of para-hydroxylation sites is 1. The molecule has 1 saturated heterocycles. The van der Waals surface area contributed by atoms with Gasteiger partial charge in [-0.1, -0.05) is 18.2 Å². The number of nitrogens with one attached hydrogen (secondary N) is 2. The maximum Gasteiger partial charge on any atom is 0.418 e. The Morgan fingerprint density at radius 3 is 2.73 bits per heavy atom. The average Bonchev–Trinajstić information content (AvgIpc) is 3.42. The van der Waals surface area contributed by atoms with Crippen LogP contribution < -0.4 is 20.2 Å². The number of ether oxygens (including phenoxy) is 2. The summed E-state index contributed by atoms with van der Waals surface area (Å²) in [6.07, 6.45) is -1.10. The number of amides is 2. The number of hydrogen-bond donors (Lipinski definition) is 2. The topological polar surface area (TPSA) is 83.1 Å². The van der Waals surface area contributed by atoms with E-state index in [4.69, 9.17) is 9.47 Å². The van der Waals surface area contributed by atoms with E-state index in [0.29, 0.717) is 17.9 Å². The molecule has 0 aliphatic carbocycles. The molecular formula is C22H19F3N4O4. The van der Waals surface area contributed by atoms with Crippen LogP contribution in [0.3, 0.4) is 0 Å². The summed E-state index contributed by atoms with van der Waals surface area (Å²) in [6, 6.07) is 9.54. The van der Waals surface area contributed by atoms with Crippen molar-refractivity contribution in [1.29, 1.82) is 0 Å². The van der Waals surface area contributed by atoms with Crippen molar-refractivity contribution in [3.05, 3.63) is 66.0 Å². The van der Waals surface area contributed by atoms with Gasteiger partial charge in [-0.2, -0.15) is 13.2 Å². The van der Waals surface area contributed by atoms with Gasteiger partial charge in [0.05, 0.1) is 17.3 Å². The minimum absolute atomic E-state index is 0.162. The Kier molecular flexibility index (Phi) is 5.12. The van der Waals surface area contributed by atoms with Gasteiger partial charge < -0.3 is 24.7 Å². The van der Waals surface area contributed by atoms with Crippen LogP contribution in [0, 0.1) is 0 Å². The van der Waals surface area contributed by atoms with Gasteiger partial charge in [0.25, 0.3) is 5.91 Å². The maximum absolute atomic E-state index is 13.2. The van der Waals surface area contributed by atoms with Gasteiger partial charge in [-0.15, -0.1) is 0 Å². The molecule has 33 heavy (non-hydrogen) atoms. The summed E-state index contributed by atoms with van der Waals surface area (Å²) in [5, 5.41) is 3.93. The minimum atomic E-state index is -4.61. The van der Waals surface area contributed by atoms with Crippen LogP contribution >= 0.6 is 0 Å². The van der Waals surface area contributed by atoms with Crippen molar-refractivity contribution in [1.82, 2.24) is 15.3 Å². The molecule has 2 atom stereocenters. The lowest BCUT2D eigenvalue weighted by Crippen LogP contribution is -2.49. The number of benzene rings is 2. The van der Waals surface area contributed by atoms with E-state index in [1.165, 1.54) is 29.3 Å². The zero-order valence-corrected chi connectivity index (χ0v) is 17.1. The van der Waals surface area contributed by atoms with Crippen molar-refractivity contribution >= 4 is 17.5 Å². The standard InChI is InChI=1S/C22H19F3N4O4/c23-22(24,25)14-3-1-2-4-15(14)26-20(30)11-28-7-8-29-17(21(28)31)10-16(27-29)13-5-6-18-19(9-13)33-12-32-18/h1-9,16-17,27H,10-12H2,(H,26,30). The normalized spacial score (nSPS) is 21.4. The Hall–Kier alpha value is -3.73. The second kappa shape index (κ2) is 8.00. The Morgan fingerprint density at radius 2 is 1.91 bits per heavy atom. The Labute approximate surface area is 186 Å². The van der Waals surface area contributed by atoms with Gasteiger partial charge in [0.2, 0.25) is 12.7 Å². The van der Waals surface area contributed by atoms with Crippen LogP contribution in [0.2, 0.25) is 0 Å². The number of hydrazine groups is 1. The molecule has 8 nitrogen and oxygen atoms in total. The highest BCUT2D eigenvalue weighted by molar-refractivity contribution is 5.96. The zero-order chi connectivity index (χ0) is 23.2. The number of fused-ring (bicyclic) bond motifs is 2. The predicted octanol–water partition coefficient (Wildman–Crippen LogP) is 3.01. The van der Waals surface area contributed by atoms with Crippen LogP contribution in [0.5, 0.6) is 11.5 Å². The molecular weight excluding hydrogens is 441 g/mol. The molecule has 11 heteroatoms. The van der Waals surface area contributed by atoms with Crippen molar-refractivity contribution < 1.29 is 32.2 Å². The van der Waals surface area contributed by atoms with Crippen LogP contribution in [0.25, 0.3) is 0 Å². The Bertz CT molecular complexity index is 1140. The van der Waals surface area contributed by atoms with Crippen molar-refractivity contribution in [2.75, 3.05) is 18.7 Å². The number of halogens is 3. The lowest BCUT2D eigenvalue weighted by atomic mass is 10.0. The first-order valence-electron chi connectivity index (χ1n) is 10.2. The van der Waals surface area contributed by atoms with E-state index >= 15 is 0 Å². The molecule has 0 radical (unpaired) electrons. The second-order valence-electron chi connectivity index (χ2n) is 7.81. The molecule has 2 amide bonds. The molecule has 3 aliphatic rings. The van der Waals surface area contributed by atoms with Gasteiger partial charge in [0, 0.05) is 12.4 Å². The smallest absolute Gasteiger partial charge is 0.418 e. The summed E-state index contributed by atoms with van der Waals surface area (Å²) in [5.74, 6) is 0.247. The quantitative estimate of drug-likeness (QED) is 0.730. The largest absolute Gasteiger partial charge is 0.454 e. The molecule has 2 unspecified atom stereocenters. The van der Waals surface area contributed by atoms with Crippen LogP contribution in [0.15, 0.2) is 54.9 Å². The molecule has 0 bridgehead atoms. The van der Waals surface area contributed by atoms with Gasteiger partial charge in [-0.3, -0.25) is 9.59 Å². The molecule has 1 fully saturated rings. The number of carbonyl (C=O) groups is 2. The summed E-state index contributed by atoms with van der Waals surface area (Å²) in [5.41, 5.74) is 2.87. The Morgan fingerprint density at radius 1 is 1.12 bits per heavy atom. The first-order valence-corrected chi connectivity index (χ1v) is 10.2. The highest BCUT2D eigenvalue weighted by atomic mass is 19.4. The lowest BCUT2D eigenvalue weighted by molar-refractivity contribution is -0.138. The van der Waals surface area contributed by atoms with Gasteiger partial charge >= 0.3 is 6.18 Å². The molecule has 0 saturated carbocycles. The third kappa shape index (κ3) is 4.07. The van der Waals surface area contributed by atoms with Crippen LogP contribution in [0.1, 0.15) is 23.6 Å². The molecule has 3 aliphatic heterocycles. The molecule has 2 N–H and O–H groups in total. The molecule has 5 rings (SSSR count). The molecule has 2 aromatic rings. The van der Waals surface area contributed by atoms with Crippen molar-refractivity contribution in [3.8, 4) is 11.5 Å². The third-order valence-electron chi connectivity index (χ3n) is 5.69. The van der Waals surface area contributed by atoms with Gasteiger partial charge in [-0.05, 0) is 36.2 Å². The van der Waals surface area contributed by atoms with E-state index in [-0.39, 0.29) is 24.4 Å². The average molecular weight is 460 g/mol. The van der Waals surface area contributed by atoms with E-state index in [2.05, 4.69) is 10.7 Å². The maximum atomic E-state index is 13.2. The summed E-state index contributed by atoms with van der Waals surface area (Å²) >= 11 is 0. The number of nitrogens with zero attached hydrogens (tertiary/aromatic N) is 2. The highest BCUT2D eigenvalue weighted by Crippen LogP contribution is 2.38. The van der Waals surface area contributed by atoms with Gasteiger partial charge in [0.15, 0.2) is 11.5 Å². The Balaban J connectivity index is 1.25. The molecule has 0 aromatic heterocycles. The zero-order valence-electron chi connectivity index (χ0n) is 17.1. The van der Waals surface area contributed by atoms with E-state index in [1.54, 1.807) is 11.2 Å². The SMILES string of the molecule is O=C(CN1C=CN2NC(c3ccc4c(c3)OCO4)CC2C1=O)Nc1ccccc1C(F)(F)F. The number of alkyl halides is 3. The lowest BCUT2D eigenvalue weighted by Gasteiger charge is -2.31. The minimum Gasteiger partial charge on any atom is -0.454 e. The van der Waals surface area contributed by atoms with Crippen LogP contribution in [-0.2, 0) is 15.8 Å². The number of hydrogen-bond acceptors (Lipinski definition) is 6. The number of carbonyl (C=O) groups excluding carboxylic acids is 2. The van der Waals surface area contributed by atoms with Gasteiger partial charge in [0.1, 0.15) is 12.6 Å². The first-order chi connectivity index (χ1) is 15.8. The van der Waals surface area contributed by atoms with Crippen molar-refractivity contribution in [2.45, 2.75) is 24.7 Å². The molecule has 0 spiro atoms. The van der Waals surface area contributed by atoms with E-state index in [0.717, 1.165) is 11.6 Å². The highest BCUT2D eigenvalue weighted by Gasteiger charge is 2.41.